The molecule has 2 saturated carbocycles. The number of rotatable bonds is 3. The zero-order valence-corrected chi connectivity index (χ0v) is 18.5. The molecule has 2 bridgehead atoms. The molecule has 3 fully saturated rings. The van der Waals surface area contributed by atoms with Crippen molar-refractivity contribution < 1.29 is 19.1 Å². The molecule has 2 aromatic carbocycles. The topological polar surface area (TPSA) is 63.7 Å². The van der Waals surface area contributed by atoms with Crippen LogP contribution >= 0.6 is 11.6 Å². The van der Waals surface area contributed by atoms with E-state index >= 15 is 0 Å². The predicted molar refractivity (Wildman–Crippen MR) is 120 cm³/mol. The molecule has 7 rings (SSSR count). The second-order valence-electron chi connectivity index (χ2n) is 9.48. The van der Waals surface area contributed by atoms with Gasteiger partial charge in [-0.3, -0.25) is 9.59 Å². The lowest BCUT2D eigenvalue weighted by atomic mass is 9.63. The van der Waals surface area contributed by atoms with E-state index in [0.29, 0.717) is 28.3 Å². The monoisotopic (exact) mass is 447 g/mol. The summed E-state index contributed by atoms with van der Waals surface area (Å²) in [5.74, 6) is 0.480. The Balaban J connectivity index is 1.28. The highest BCUT2D eigenvalue weighted by Gasteiger charge is 2.67. The Morgan fingerprint density at radius 1 is 0.969 bits per heavy atom. The van der Waals surface area contributed by atoms with Crippen LogP contribution in [0.25, 0.3) is 0 Å². The van der Waals surface area contributed by atoms with E-state index in [-0.39, 0.29) is 41.0 Å². The highest BCUT2D eigenvalue weighted by Crippen LogP contribution is 2.65. The van der Waals surface area contributed by atoms with Crippen LogP contribution in [0, 0.1) is 49.4 Å². The smallest absolute Gasteiger partial charge is 0.343 e. The lowest BCUT2D eigenvalue weighted by Gasteiger charge is -2.37. The molecular weight excluding hydrogens is 426 g/mol. The molecule has 6 atom stereocenters. The Labute approximate surface area is 191 Å². The number of carbonyl (C=O) groups is 3. The van der Waals surface area contributed by atoms with Gasteiger partial charge < -0.3 is 4.74 Å². The molecular formula is C26H22ClNO4. The van der Waals surface area contributed by atoms with Gasteiger partial charge in [-0.15, -0.1) is 0 Å². The summed E-state index contributed by atoms with van der Waals surface area (Å²) in [5.41, 5.74) is 2.35. The molecule has 0 unspecified atom stereocenters. The van der Waals surface area contributed by atoms with Crippen molar-refractivity contribution in [3.63, 3.8) is 0 Å². The van der Waals surface area contributed by atoms with Gasteiger partial charge in [0.15, 0.2) is 0 Å². The number of halogens is 1. The third-order valence-corrected chi connectivity index (χ3v) is 8.22. The van der Waals surface area contributed by atoms with Gasteiger partial charge >= 0.3 is 5.97 Å². The second kappa shape index (κ2) is 6.79. The minimum absolute atomic E-state index is 0.140. The first-order valence-corrected chi connectivity index (χ1v) is 11.4. The number of imide groups is 1. The third kappa shape index (κ3) is 2.73. The SMILES string of the molecule is Cc1cc(OC(=O)c2cccc(N3C(=O)[C@@H]4[C@H]5C=C[C@H]([C@H]6C[C@H]56)[C@@H]4C3=O)c2)cc(C)c1Cl. The highest BCUT2D eigenvalue weighted by molar-refractivity contribution is 6.32. The van der Waals surface area contributed by atoms with E-state index in [4.69, 9.17) is 16.3 Å². The predicted octanol–water partition coefficient (Wildman–Crippen LogP) is 4.73. The molecule has 32 heavy (non-hydrogen) atoms. The minimum atomic E-state index is -0.549. The zero-order valence-electron chi connectivity index (χ0n) is 17.7. The first-order valence-electron chi connectivity index (χ1n) is 11.0. The van der Waals surface area contributed by atoms with Gasteiger partial charge in [-0.25, -0.2) is 9.69 Å². The number of nitrogens with zero attached hydrogens (tertiary/aromatic N) is 1. The third-order valence-electron chi connectivity index (χ3n) is 7.62. The van der Waals surface area contributed by atoms with E-state index in [0.717, 1.165) is 17.5 Å². The fourth-order valence-electron chi connectivity index (χ4n) is 6.11. The van der Waals surface area contributed by atoms with Gasteiger partial charge in [-0.2, -0.15) is 0 Å². The maximum atomic E-state index is 13.3. The normalized spacial score (nSPS) is 31.5. The number of carbonyl (C=O) groups excluding carboxylic acids is 3. The summed E-state index contributed by atoms with van der Waals surface area (Å²) in [4.78, 5) is 40.8. The molecule has 162 valence electrons. The van der Waals surface area contributed by atoms with Crippen LogP contribution in [0.5, 0.6) is 5.75 Å². The molecule has 0 spiro atoms. The molecule has 0 aromatic heterocycles. The molecule has 1 heterocycles. The summed E-state index contributed by atoms with van der Waals surface area (Å²) >= 11 is 6.20. The lowest BCUT2D eigenvalue weighted by molar-refractivity contribution is -0.124. The quantitative estimate of drug-likeness (QED) is 0.295. The Morgan fingerprint density at radius 3 is 2.16 bits per heavy atom. The van der Waals surface area contributed by atoms with E-state index in [9.17, 15) is 14.4 Å². The first-order chi connectivity index (χ1) is 15.3. The summed E-state index contributed by atoms with van der Waals surface area (Å²) in [6.07, 6.45) is 5.43. The number of benzene rings is 2. The number of hydrogen-bond acceptors (Lipinski definition) is 4. The van der Waals surface area contributed by atoms with Gasteiger partial charge in [-0.05, 0) is 85.4 Å². The van der Waals surface area contributed by atoms with Crippen molar-refractivity contribution >= 4 is 35.1 Å². The maximum absolute atomic E-state index is 13.3. The molecule has 0 N–H and O–H groups in total. The summed E-state index contributed by atoms with van der Waals surface area (Å²) < 4.78 is 5.55. The van der Waals surface area contributed by atoms with Crippen LogP contribution in [0.1, 0.15) is 27.9 Å². The molecule has 5 aliphatic rings. The van der Waals surface area contributed by atoms with Crippen LogP contribution in [0.3, 0.4) is 0 Å². The molecule has 4 aliphatic carbocycles. The number of anilines is 1. The number of hydrogen-bond donors (Lipinski definition) is 0. The Kier molecular flexibility index (Phi) is 4.19. The molecule has 2 aromatic rings. The minimum Gasteiger partial charge on any atom is -0.423 e. The number of amides is 2. The van der Waals surface area contributed by atoms with Crippen LogP contribution in [-0.2, 0) is 9.59 Å². The van der Waals surface area contributed by atoms with Crippen LogP contribution in [0.15, 0.2) is 48.6 Å². The number of ether oxygens (including phenoxy) is 1. The fourth-order valence-corrected chi connectivity index (χ4v) is 6.22. The summed E-state index contributed by atoms with van der Waals surface area (Å²) in [5, 5.41) is 0.639. The van der Waals surface area contributed by atoms with Gasteiger partial charge in [0.2, 0.25) is 11.8 Å². The number of allylic oxidation sites excluding steroid dienone is 2. The van der Waals surface area contributed by atoms with Crippen molar-refractivity contribution in [1.82, 2.24) is 0 Å². The average molecular weight is 448 g/mol. The van der Waals surface area contributed by atoms with Crippen molar-refractivity contribution in [3.8, 4) is 5.75 Å². The van der Waals surface area contributed by atoms with Crippen molar-refractivity contribution in [2.45, 2.75) is 20.3 Å². The van der Waals surface area contributed by atoms with E-state index in [1.807, 2.05) is 13.8 Å². The van der Waals surface area contributed by atoms with E-state index in [1.54, 1.807) is 36.4 Å². The first kappa shape index (κ1) is 19.7. The van der Waals surface area contributed by atoms with E-state index in [2.05, 4.69) is 12.2 Å². The maximum Gasteiger partial charge on any atom is 0.343 e. The van der Waals surface area contributed by atoms with Crippen LogP contribution < -0.4 is 9.64 Å². The highest BCUT2D eigenvalue weighted by atomic mass is 35.5. The van der Waals surface area contributed by atoms with Crippen LogP contribution in [0.4, 0.5) is 5.69 Å². The molecule has 5 nitrogen and oxygen atoms in total. The molecule has 0 radical (unpaired) electrons. The molecule has 1 aliphatic heterocycles. The second-order valence-corrected chi connectivity index (χ2v) is 9.86. The van der Waals surface area contributed by atoms with Crippen molar-refractivity contribution in [3.05, 3.63) is 70.3 Å². The van der Waals surface area contributed by atoms with Gasteiger partial charge in [0.25, 0.3) is 0 Å². The fraction of sp³-hybridized carbons (Fsp3) is 0.346. The van der Waals surface area contributed by atoms with Gasteiger partial charge in [0.05, 0.1) is 23.1 Å². The van der Waals surface area contributed by atoms with Gasteiger partial charge in [0.1, 0.15) is 5.75 Å². The number of aryl methyl sites for hydroxylation is 2. The van der Waals surface area contributed by atoms with Crippen LogP contribution in [0.2, 0.25) is 5.02 Å². The summed E-state index contributed by atoms with van der Waals surface area (Å²) in [6, 6.07) is 10.0. The Hall–Kier alpha value is -2.92. The van der Waals surface area contributed by atoms with E-state index in [1.165, 1.54) is 4.90 Å². The largest absolute Gasteiger partial charge is 0.423 e. The number of esters is 1. The molecule has 2 amide bonds. The molecule has 1 saturated heterocycles. The Morgan fingerprint density at radius 2 is 1.56 bits per heavy atom. The van der Waals surface area contributed by atoms with Crippen molar-refractivity contribution in [2.75, 3.05) is 4.90 Å². The van der Waals surface area contributed by atoms with Crippen molar-refractivity contribution in [1.29, 1.82) is 0 Å². The average Bonchev–Trinajstić information content (AvgIpc) is 3.55. The van der Waals surface area contributed by atoms with E-state index < -0.39 is 5.97 Å². The summed E-state index contributed by atoms with van der Waals surface area (Å²) in [6.45, 7) is 3.70. The zero-order chi connectivity index (χ0) is 22.3. The standard InChI is InChI=1S/C26H22ClNO4/c1-12-8-16(9-13(2)23(12)27)32-26(31)14-4-3-5-15(10-14)28-24(29)21-17-6-7-18(20-11-19(17)20)22(21)25(28)30/h3-10,17-22H,11H2,1-2H3/t17-,18+,19-,20-,21+,22-/m1/s1. The van der Waals surface area contributed by atoms with Gasteiger partial charge in [0, 0.05) is 5.02 Å². The van der Waals surface area contributed by atoms with Crippen molar-refractivity contribution in [2.24, 2.45) is 35.5 Å². The Bertz CT molecular complexity index is 1180. The molecule has 6 heteroatoms. The summed E-state index contributed by atoms with van der Waals surface area (Å²) in [7, 11) is 0. The van der Waals surface area contributed by atoms with Gasteiger partial charge in [-0.1, -0.05) is 29.8 Å². The lowest BCUT2D eigenvalue weighted by Crippen LogP contribution is -2.40. The van der Waals surface area contributed by atoms with Crippen LogP contribution in [-0.4, -0.2) is 17.8 Å².